The first-order valence-corrected chi connectivity index (χ1v) is 5.76. The molecule has 2 rings (SSSR count). The minimum absolute atomic E-state index is 0.135. The predicted molar refractivity (Wildman–Crippen MR) is 58.4 cm³/mol. The summed E-state index contributed by atoms with van der Waals surface area (Å²) in [6.45, 7) is 6.18. The number of carbonyl (C=O) groups excluding carboxylic acids is 2. The molecule has 1 saturated heterocycles. The summed E-state index contributed by atoms with van der Waals surface area (Å²) < 4.78 is 0. The van der Waals surface area contributed by atoms with Gasteiger partial charge in [-0.1, -0.05) is 20.8 Å². The predicted octanol–water partition coefficient (Wildman–Crippen LogP) is 1.80. The SMILES string of the molecule is CC.CC1CCC2(CC1)NC(=O)NC2=O. The van der Waals surface area contributed by atoms with Crippen LogP contribution in [0.5, 0.6) is 0 Å². The Labute approximate surface area is 90.8 Å². The molecule has 86 valence electrons. The van der Waals surface area contributed by atoms with Gasteiger partial charge in [-0.2, -0.15) is 0 Å². The largest absolute Gasteiger partial charge is 0.323 e. The third kappa shape index (κ3) is 2.30. The van der Waals surface area contributed by atoms with Crippen molar-refractivity contribution in [1.82, 2.24) is 10.6 Å². The van der Waals surface area contributed by atoms with Crippen molar-refractivity contribution in [3.05, 3.63) is 0 Å². The van der Waals surface area contributed by atoms with Crippen LogP contribution in [0.4, 0.5) is 4.79 Å². The van der Waals surface area contributed by atoms with Gasteiger partial charge >= 0.3 is 6.03 Å². The molecule has 1 aliphatic carbocycles. The van der Waals surface area contributed by atoms with Crippen LogP contribution in [-0.4, -0.2) is 17.5 Å². The molecule has 0 unspecified atom stereocenters. The number of hydrogen-bond acceptors (Lipinski definition) is 2. The van der Waals surface area contributed by atoms with Crippen LogP contribution in [0.1, 0.15) is 46.5 Å². The second-order valence-electron chi connectivity index (χ2n) is 4.17. The van der Waals surface area contributed by atoms with E-state index in [0.29, 0.717) is 5.92 Å². The van der Waals surface area contributed by atoms with Crippen molar-refractivity contribution in [2.75, 3.05) is 0 Å². The Bertz CT molecular complexity index is 255. The van der Waals surface area contributed by atoms with Crippen LogP contribution in [0.15, 0.2) is 0 Å². The average Bonchev–Trinajstić information content (AvgIpc) is 2.50. The lowest BCUT2D eigenvalue weighted by Crippen LogP contribution is -2.49. The van der Waals surface area contributed by atoms with E-state index in [0.717, 1.165) is 25.7 Å². The maximum atomic E-state index is 11.5. The van der Waals surface area contributed by atoms with Gasteiger partial charge in [0.25, 0.3) is 5.91 Å². The zero-order valence-corrected chi connectivity index (χ0v) is 9.72. The van der Waals surface area contributed by atoms with E-state index >= 15 is 0 Å². The summed E-state index contributed by atoms with van der Waals surface area (Å²) >= 11 is 0. The van der Waals surface area contributed by atoms with E-state index < -0.39 is 5.54 Å². The maximum Gasteiger partial charge on any atom is 0.322 e. The number of carbonyl (C=O) groups is 2. The molecule has 4 heteroatoms. The van der Waals surface area contributed by atoms with Gasteiger partial charge in [0, 0.05) is 0 Å². The highest BCUT2D eigenvalue weighted by Crippen LogP contribution is 2.33. The molecule has 2 aliphatic rings. The number of nitrogens with one attached hydrogen (secondary N) is 2. The van der Waals surface area contributed by atoms with Gasteiger partial charge in [-0.15, -0.1) is 0 Å². The molecule has 2 fully saturated rings. The third-order valence-electron chi connectivity index (χ3n) is 3.14. The van der Waals surface area contributed by atoms with Gasteiger partial charge < -0.3 is 5.32 Å². The van der Waals surface area contributed by atoms with E-state index in [9.17, 15) is 9.59 Å². The first-order chi connectivity index (χ1) is 7.12. The number of amides is 3. The monoisotopic (exact) mass is 212 g/mol. The molecule has 2 N–H and O–H groups in total. The minimum atomic E-state index is -0.566. The van der Waals surface area contributed by atoms with Crippen LogP contribution in [-0.2, 0) is 4.79 Å². The lowest BCUT2D eigenvalue weighted by atomic mass is 9.77. The molecule has 0 radical (unpaired) electrons. The van der Waals surface area contributed by atoms with Crippen molar-refractivity contribution in [2.24, 2.45) is 5.92 Å². The molecule has 0 bridgehead atoms. The summed E-state index contributed by atoms with van der Waals surface area (Å²) in [7, 11) is 0. The normalized spacial score (nSPS) is 34.2. The van der Waals surface area contributed by atoms with Crippen LogP contribution in [0, 0.1) is 5.92 Å². The summed E-state index contributed by atoms with van der Waals surface area (Å²) in [4.78, 5) is 22.4. The molecule has 15 heavy (non-hydrogen) atoms. The number of imide groups is 1. The van der Waals surface area contributed by atoms with Crippen molar-refractivity contribution in [1.29, 1.82) is 0 Å². The maximum absolute atomic E-state index is 11.5. The lowest BCUT2D eigenvalue weighted by molar-refractivity contribution is -0.125. The van der Waals surface area contributed by atoms with Crippen LogP contribution < -0.4 is 10.6 Å². The standard InChI is InChI=1S/C9H14N2O2.C2H6/c1-6-2-4-9(5-3-6)7(12)10-8(13)11-9;1-2/h6H,2-5H2,1H3,(H2,10,11,12,13);1-2H3. The van der Waals surface area contributed by atoms with E-state index in [-0.39, 0.29) is 11.9 Å². The van der Waals surface area contributed by atoms with Gasteiger partial charge in [0.15, 0.2) is 0 Å². The van der Waals surface area contributed by atoms with Crippen molar-refractivity contribution < 1.29 is 9.59 Å². The summed E-state index contributed by atoms with van der Waals surface area (Å²) in [5, 5.41) is 5.04. The fraction of sp³-hybridized carbons (Fsp3) is 0.818. The van der Waals surface area contributed by atoms with Crippen molar-refractivity contribution in [3.63, 3.8) is 0 Å². The number of rotatable bonds is 0. The molecule has 0 aromatic carbocycles. The molecule has 1 heterocycles. The number of hydrogen-bond donors (Lipinski definition) is 2. The topological polar surface area (TPSA) is 58.2 Å². The first kappa shape index (κ1) is 12.0. The Balaban J connectivity index is 0.000000531. The molecular weight excluding hydrogens is 192 g/mol. The van der Waals surface area contributed by atoms with Gasteiger partial charge in [-0.05, 0) is 31.6 Å². The highest BCUT2D eigenvalue weighted by Gasteiger charge is 2.47. The Kier molecular flexibility index (Phi) is 3.72. The second-order valence-corrected chi connectivity index (χ2v) is 4.17. The Hall–Kier alpha value is -1.06. The van der Waals surface area contributed by atoms with Crippen LogP contribution >= 0.6 is 0 Å². The van der Waals surface area contributed by atoms with Crippen molar-refractivity contribution in [2.45, 2.75) is 52.0 Å². The molecule has 4 nitrogen and oxygen atoms in total. The molecule has 0 aromatic heterocycles. The molecule has 1 spiro atoms. The fourth-order valence-electron chi connectivity index (χ4n) is 2.14. The molecule has 0 atom stereocenters. The zero-order chi connectivity index (χ0) is 11.5. The van der Waals surface area contributed by atoms with E-state index in [1.807, 2.05) is 13.8 Å². The zero-order valence-electron chi connectivity index (χ0n) is 9.72. The first-order valence-electron chi connectivity index (χ1n) is 5.76. The molecular formula is C11H20N2O2. The number of urea groups is 1. The lowest BCUT2D eigenvalue weighted by Gasteiger charge is -2.32. The van der Waals surface area contributed by atoms with E-state index in [2.05, 4.69) is 17.6 Å². The quantitative estimate of drug-likeness (QED) is 0.601. The Morgan fingerprint density at radius 2 is 1.73 bits per heavy atom. The summed E-state index contributed by atoms with van der Waals surface area (Å²) in [5.74, 6) is 0.542. The molecule has 3 amide bonds. The molecule has 0 aromatic rings. The third-order valence-corrected chi connectivity index (χ3v) is 3.14. The highest BCUT2D eigenvalue weighted by molar-refractivity contribution is 6.07. The highest BCUT2D eigenvalue weighted by atomic mass is 16.2. The Morgan fingerprint density at radius 1 is 1.20 bits per heavy atom. The summed E-state index contributed by atoms with van der Waals surface area (Å²) in [6, 6.07) is -0.334. The smallest absolute Gasteiger partial charge is 0.322 e. The summed E-state index contributed by atoms with van der Waals surface area (Å²) in [6.07, 6.45) is 3.61. The second kappa shape index (κ2) is 4.64. The fourth-order valence-corrected chi connectivity index (χ4v) is 2.14. The molecule has 1 saturated carbocycles. The molecule has 1 aliphatic heterocycles. The van der Waals surface area contributed by atoms with E-state index in [1.54, 1.807) is 0 Å². The van der Waals surface area contributed by atoms with E-state index in [4.69, 9.17) is 0 Å². The van der Waals surface area contributed by atoms with Crippen LogP contribution in [0.3, 0.4) is 0 Å². The average molecular weight is 212 g/mol. The Morgan fingerprint density at radius 3 is 2.13 bits per heavy atom. The van der Waals surface area contributed by atoms with Gasteiger partial charge in [-0.3, -0.25) is 10.1 Å². The van der Waals surface area contributed by atoms with Gasteiger partial charge in [0.2, 0.25) is 0 Å². The van der Waals surface area contributed by atoms with Crippen molar-refractivity contribution >= 4 is 11.9 Å². The van der Waals surface area contributed by atoms with Crippen LogP contribution in [0.25, 0.3) is 0 Å². The van der Waals surface area contributed by atoms with E-state index in [1.165, 1.54) is 0 Å². The van der Waals surface area contributed by atoms with Gasteiger partial charge in [0.1, 0.15) is 5.54 Å². The minimum Gasteiger partial charge on any atom is -0.323 e. The van der Waals surface area contributed by atoms with Gasteiger partial charge in [0.05, 0.1) is 0 Å². The van der Waals surface area contributed by atoms with Gasteiger partial charge in [-0.25, -0.2) is 4.79 Å². The van der Waals surface area contributed by atoms with Crippen molar-refractivity contribution in [3.8, 4) is 0 Å². The summed E-state index contributed by atoms with van der Waals surface area (Å²) in [5.41, 5.74) is -0.566. The van der Waals surface area contributed by atoms with Crippen LogP contribution in [0.2, 0.25) is 0 Å².